The van der Waals surface area contributed by atoms with Gasteiger partial charge < -0.3 is 15.0 Å². The number of carbonyl (C=O) groups is 1. The van der Waals surface area contributed by atoms with Gasteiger partial charge in [-0.25, -0.2) is 0 Å². The lowest BCUT2D eigenvalue weighted by molar-refractivity contribution is -0.137. The summed E-state index contributed by atoms with van der Waals surface area (Å²) in [5.41, 5.74) is 0. The van der Waals surface area contributed by atoms with Crippen molar-refractivity contribution in [2.75, 3.05) is 32.8 Å². The molecule has 1 fully saturated rings. The van der Waals surface area contributed by atoms with Crippen LogP contribution in [0.4, 0.5) is 0 Å². The molecule has 0 aliphatic carbocycles. The first kappa shape index (κ1) is 21.4. The second-order valence-electron chi connectivity index (χ2n) is 6.58. The van der Waals surface area contributed by atoms with Crippen molar-refractivity contribution in [3.05, 3.63) is 0 Å². The van der Waals surface area contributed by atoms with Gasteiger partial charge in [0, 0.05) is 25.7 Å². The summed E-state index contributed by atoms with van der Waals surface area (Å²) in [6.07, 6.45) is 3.35. The van der Waals surface area contributed by atoms with Gasteiger partial charge in [-0.3, -0.25) is 4.79 Å². The highest BCUT2D eigenvalue weighted by molar-refractivity contribution is 5.77. The van der Waals surface area contributed by atoms with Crippen LogP contribution < -0.4 is 5.32 Å². The van der Waals surface area contributed by atoms with Crippen molar-refractivity contribution < 1.29 is 9.53 Å². The fourth-order valence-electron chi connectivity index (χ4n) is 2.40. The topological polar surface area (TPSA) is 41.6 Å². The van der Waals surface area contributed by atoms with Gasteiger partial charge in [-0.1, -0.05) is 41.5 Å². The number of hydrogen-bond donors (Lipinski definition) is 1. The van der Waals surface area contributed by atoms with Crippen LogP contribution in [0.3, 0.4) is 0 Å². The maximum atomic E-state index is 12.0. The third kappa shape index (κ3) is 10.2. The Kier molecular flexibility index (Phi) is 12.5. The van der Waals surface area contributed by atoms with Crippen LogP contribution in [0, 0.1) is 11.8 Å². The minimum Gasteiger partial charge on any atom is -0.371 e. The van der Waals surface area contributed by atoms with Crippen molar-refractivity contribution in [2.45, 2.75) is 66.8 Å². The summed E-state index contributed by atoms with van der Waals surface area (Å²) in [6, 6.07) is 0.534. The first-order chi connectivity index (χ1) is 10.5. The van der Waals surface area contributed by atoms with E-state index in [0.717, 1.165) is 44.8 Å². The zero-order valence-corrected chi connectivity index (χ0v) is 15.7. The quantitative estimate of drug-likeness (QED) is 0.747. The first-order valence-electron chi connectivity index (χ1n) is 9.08. The Bertz CT molecular complexity index is 274. The van der Waals surface area contributed by atoms with Crippen molar-refractivity contribution in [2.24, 2.45) is 11.8 Å². The van der Waals surface area contributed by atoms with E-state index < -0.39 is 0 Å². The Labute approximate surface area is 138 Å². The van der Waals surface area contributed by atoms with E-state index in [1.54, 1.807) is 0 Å². The molecule has 0 spiro atoms. The van der Waals surface area contributed by atoms with E-state index in [4.69, 9.17) is 4.74 Å². The lowest BCUT2D eigenvalue weighted by atomic mass is 9.99. The normalized spacial score (nSPS) is 17.1. The Balaban J connectivity index is 0.00000211. The van der Waals surface area contributed by atoms with E-state index in [2.05, 4.69) is 33.0 Å². The number of piperidine rings is 1. The van der Waals surface area contributed by atoms with Gasteiger partial charge in [0.1, 0.15) is 6.61 Å². The van der Waals surface area contributed by atoms with Gasteiger partial charge in [-0.05, 0) is 37.6 Å². The number of nitrogens with one attached hydrogen (secondary N) is 1. The molecule has 0 aromatic rings. The summed E-state index contributed by atoms with van der Waals surface area (Å²) in [4.78, 5) is 13.9. The maximum absolute atomic E-state index is 12.0. The highest BCUT2D eigenvalue weighted by atomic mass is 16.5. The SMILES string of the molecule is CC.CC1CCN(C(=O)COCC(C)CCNC(C)C)CC1. The molecule has 1 aliphatic heterocycles. The minimum absolute atomic E-state index is 0.157. The second-order valence-corrected chi connectivity index (χ2v) is 6.58. The molecule has 1 heterocycles. The van der Waals surface area contributed by atoms with Crippen LogP contribution in [-0.2, 0) is 9.53 Å². The molecule has 1 atom stereocenters. The van der Waals surface area contributed by atoms with E-state index in [0.29, 0.717) is 18.6 Å². The average molecular weight is 315 g/mol. The number of nitrogens with zero attached hydrogens (tertiary/aromatic N) is 1. The third-order valence-corrected chi connectivity index (χ3v) is 3.95. The van der Waals surface area contributed by atoms with Gasteiger partial charge in [0.05, 0.1) is 0 Å². The molecule has 132 valence electrons. The molecule has 0 bridgehead atoms. The Hall–Kier alpha value is -0.610. The van der Waals surface area contributed by atoms with Gasteiger partial charge in [0.25, 0.3) is 0 Å². The number of hydrogen-bond acceptors (Lipinski definition) is 3. The zero-order chi connectivity index (χ0) is 17.0. The summed E-state index contributed by atoms with van der Waals surface area (Å²) in [7, 11) is 0. The molecule has 0 saturated carbocycles. The summed E-state index contributed by atoms with van der Waals surface area (Å²) >= 11 is 0. The summed E-state index contributed by atoms with van der Waals surface area (Å²) in [5.74, 6) is 1.41. The molecule has 0 radical (unpaired) electrons. The number of amides is 1. The van der Waals surface area contributed by atoms with E-state index in [1.165, 1.54) is 0 Å². The van der Waals surface area contributed by atoms with Crippen molar-refractivity contribution in [1.82, 2.24) is 10.2 Å². The van der Waals surface area contributed by atoms with Gasteiger partial charge in [0.15, 0.2) is 0 Å². The van der Waals surface area contributed by atoms with Crippen molar-refractivity contribution in [3.63, 3.8) is 0 Å². The summed E-state index contributed by atoms with van der Waals surface area (Å²) in [5, 5.41) is 3.40. The van der Waals surface area contributed by atoms with Gasteiger partial charge >= 0.3 is 0 Å². The highest BCUT2D eigenvalue weighted by Gasteiger charge is 2.20. The number of rotatable bonds is 8. The average Bonchev–Trinajstić information content (AvgIpc) is 2.49. The van der Waals surface area contributed by atoms with E-state index in [9.17, 15) is 4.79 Å². The standard InChI is InChI=1S/C16H32N2O2.C2H6/c1-13(2)17-8-5-15(4)11-20-12-16(19)18-9-6-14(3)7-10-18;1-2/h13-15,17H,5-12H2,1-4H3;1-2H3. The monoisotopic (exact) mass is 314 g/mol. The molecule has 1 rings (SSSR count). The zero-order valence-electron chi connectivity index (χ0n) is 15.7. The molecule has 1 N–H and O–H groups in total. The molecule has 0 aromatic carbocycles. The van der Waals surface area contributed by atoms with Crippen LogP contribution in [0.5, 0.6) is 0 Å². The summed E-state index contributed by atoms with van der Waals surface area (Å²) in [6.45, 7) is 16.5. The smallest absolute Gasteiger partial charge is 0.248 e. The maximum Gasteiger partial charge on any atom is 0.248 e. The van der Waals surface area contributed by atoms with Gasteiger partial charge in [0.2, 0.25) is 5.91 Å². The van der Waals surface area contributed by atoms with Crippen LogP contribution in [0.1, 0.15) is 60.8 Å². The molecule has 0 aromatic heterocycles. The van der Waals surface area contributed by atoms with Crippen molar-refractivity contribution >= 4 is 5.91 Å². The van der Waals surface area contributed by atoms with Crippen LogP contribution in [0.2, 0.25) is 0 Å². The molecule has 1 aliphatic rings. The summed E-state index contributed by atoms with van der Waals surface area (Å²) < 4.78 is 5.58. The van der Waals surface area contributed by atoms with Crippen molar-refractivity contribution in [1.29, 1.82) is 0 Å². The Morgan fingerprint density at radius 1 is 1.23 bits per heavy atom. The minimum atomic E-state index is 0.157. The molecular formula is C18H38N2O2. The molecule has 22 heavy (non-hydrogen) atoms. The molecular weight excluding hydrogens is 276 g/mol. The number of carbonyl (C=O) groups excluding carboxylic acids is 1. The number of ether oxygens (including phenoxy) is 1. The lowest BCUT2D eigenvalue weighted by Crippen LogP contribution is -2.40. The molecule has 1 saturated heterocycles. The Morgan fingerprint density at radius 2 is 1.82 bits per heavy atom. The van der Waals surface area contributed by atoms with E-state index in [1.807, 2.05) is 18.7 Å². The largest absolute Gasteiger partial charge is 0.371 e. The lowest BCUT2D eigenvalue weighted by Gasteiger charge is -2.30. The predicted molar refractivity (Wildman–Crippen MR) is 94.1 cm³/mol. The van der Waals surface area contributed by atoms with E-state index in [-0.39, 0.29) is 12.5 Å². The van der Waals surface area contributed by atoms with Crippen molar-refractivity contribution in [3.8, 4) is 0 Å². The van der Waals surface area contributed by atoms with Crippen LogP contribution in [0.25, 0.3) is 0 Å². The number of likely N-dealkylation sites (tertiary alicyclic amines) is 1. The van der Waals surface area contributed by atoms with Crippen LogP contribution in [0.15, 0.2) is 0 Å². The van der Waals surface area contributed by atoms with E-state index >= 15 is 0 Å². The fourth-order valence-corrected chi connectivity index (χ4v) is 2.40. The molecule has 4 nitrogen and oxygen atoms in total. The Morgan fingerprint density at radius 3 is 2.36 bits per heavy atom. The predicted octanol–water partition coefficient (Wildman–Crippen LogP) is 3.31. The third-order valence-electron chi connectivity index (χ3n) is 3.95. The van der Waals surface area contributed by atoms with Crippen LogP contribution in [-0.4, -0.2) is 49.7 Å². The van der Waals surface area contributed by atoms with Gasteiger partial charge in [-0.15, -0.1) is 0 Å². The fraction of sp³-hybridized carbons (Fsp3) is 0.944. The highest BCUT2D eigenvalue weighted by Crippen LogP contribution is 2.16. The molecule has 4 heteroatoms. The first-order valence-corrected chi connectivity index (χ1v) is 9.08. The van der Waals surface area contributed by atoms with Crippen LogP contribution >= 0.6 is 0 Å². The van der Waals surface area contributed by atoms with Gasteiger partial charge in [-0.2, -0.15) is 0 Å². The molecule has 1 unspecified atom stereocenters. The molecule has 1 amide bonds. The second kappa shape index (κ2) is 12.9.